The Morgan fingerprint density at radius 3 is 2.70 bits per heavy atom. The number of benzene rings is 1. The molecule has 3 fully saturated rings. The average molecular weight is 637 g/mol. The molecule has 1 saturated carbocycles. The lowest BCUT2D eigenvalue weighted by atomic mass is 9.88. The van der Waals surface area contributed by atoms with E-state index in [0.29, 0.717) is 75.7 Å². The number of hydrogen-bond acceptors (Lipinski definition) is 11. The normalized spacial score (nSPS) is 23.1. The van der Waals surface area contributed by atoms with Crippen LogP contribution in [0.4, 0.5) is 5.69 Å². The third-order valence-electron chi connectivity index (χ3n) is 8.92. The molecule has 43 heavy (non-hydrogen) atoms. The fourth-order valence-electron chi connectivity index (χ4n) is 6.22. The Bertz CT molecular complexity index is 1560. The van der Waals surface area contributed by atoms with Crippen molar-refractivity contribution in [2.75, 3.05) is 57.9 Å². The molecule has 1 aromatic carbocycles. The van der Waals surface area contributed by atoms with E-state index in [1.807, 2.05) is 11.9 Å². The maximum atomic E-state index is 13.6. The molecule has 12 nitrogen and oxygen atoms in total. The molecule has 1 aliphatic carbocycles. The number of nitrogens with one attached hydrogen (secondary N) is 1. The number of fused-ring (bicyclic) bond motifs is 1. The van der Waals surface area contributed by atoms with Crippen LogP contribution in [0.5, 0.6) is 11.6 Å². The SMILES string of the molecule is Cc1c(S(=O)(=O)N2CCC3(CC2)C[C@@H](NCC(O)COc2cccc(S(=O)(=O)C4CC4)c2)CO3)cnc2c1N(C)CCO2. The van der Waals surface area contributed by atoms with Crippen LogP contribution in [0, 0.1) is 6.92 Å². The van der Waals surface area contributed by atoms with Crippen LogP contribution in [-0.2, 0) is 24.6 Å². The van der Waals surface area contributed by atoms with Crippen LogP contribution in [0.2, 0.25) is 0 Å². The number of sulfone groups is 1. The molecule has 1 unspecified atom stereocenters. The number of ether oxygens (including phenoxy) is 3. The average Bonchev–Trinajstić information content (AvgIpc) is 3.78. The number of aliphatic hydroxyl groups excluding tert-OH is 1. The largest absolute Gasteiger partial charge is 0.491 e. The fraction of sp³-hybridized carbons (Fsp3) is 0.621. The summed E-state index contributed by atoms with van der Waals surface area (Å²) in [6.07, 6.45) is 3.88. The van der Waals surface area contributed by atoms with E-state index < -0.39 is 31.6 Å². The number of pyridine rings is 1. The number of likely N-dealkylation sites (N-methyl/N-ethyl adjacent to an activating group) is 1. The molecule has 2 atom stereocenters. The third-order valence-corrected chi connectivity index (χ3v) is 13.2. The third kappa shape index (κ3) is 6.22. The van der Waals surface area contributed by atoms with Crippen molar-refractivity contribution in [1.29, 1.82) is 0 Å². The number of rotatable bonds is 10. The summed E-state index contributed by atoms with van der Waals surface area (Å²) in [5.41, 5.74) is 0.958. The van der Waals surface area contributed by atoms with Crippen LogP contribution in [0.15, 0.2) is 40.3 Å². The summed E-state index contributed by atoms with van der Waals surface area (Å²) < 4.78 is 71.3. The quantitative estimate of drug-likeness (QED) is 0.391. The van der Waals surface area contributed by atoms with Gasteiger partial charge in [-0.25, -0.2) is 21.8 Å². The molecule has 6 rings (SSSR count). The van der Waals surface area contributed by atoms with Crippen LogP contribution in [0.1, 0.15) is 37.7 Å². The minimum atomic E-state index is -3.74. The highest BCUT2D eigenvalue weighted by atomic mass is 32.2. The smallest absolute Gasteiger partial charge is 0.244 e. The molecule has 2 aromatic rings. The Hall–Kier alpha value is -2.49. The maximum Gasteiger partial charge on any atom is 0.244 e. The van der Waals surface area contributed by atoms with E-state index in [1.165, 1.54) is 16.6 Å². The second-order valence-electron chi connectivity index (χ2n) is 12.1. The zero-order valence-corrected chi connectivity index (χ0v) is 26.2. The highest BCUT2D eigenvalue weighted by Gasteiger charge is 2.45. The van der Waals surface area contributed by atoms with Crippen LogP contribution in [-0.4, -0.2) is 107 Å². The molecular formula is C29H40N4O8S2. The molecule has 2 N–H and O–H groups in total. The Kier molecular flexibility index (Phi) is 8.37. The summed E-state index contributed by atoms with van der Waals surface area (Å²) in [4.78, 5) is 6.74. The van der Waals surface area contributed by atoms with Crippen molar-refractivity contribution < 1.29 is 36.2 Å². The van der Waals surface area contributed by atoms with Crippen LogP contribution < -0.4 is 19.7 Å². The fourth-order valence-corrected chi connectivity index (χ4v) is 9.52. The first-order valence-electron chi connectivity index (χ1n) is 14.8. The highest BCUT2D eigenvalue weighted by molar-refractivity contribution is 7.92. The molecule has 1 spiro atoms. The van der Waals surface area contributed by atoms with E-state index >= 15 is 0 Å². The number of nitrogens with zero attached hydrogens (tertiary/aromatic N) is 3. The maximum absolute atomic E-state index is 13.6. The Labute approximate surface area is 253 Å². The van der Waals surface area contributed by atoms with Crippen LogP contribution in [0.25, 0.3) is 0 Å². The van der Waals surface area contributed by atoms with E-state index in [-0.39, 0.29) is 34.2 Å². The monoisotopic (exact) mass is 636 g/mol. The van der Waals surface area contributed by atoms with Gasteiger partial charge in [0, 0.05) is 32.7 Å². The lowest BCUT2D eigenvalue weighted by Gasteiger charge is -2.38. The number of piperidine rings is 1. The van der Waals surface area contributed by atoms with Crippen molar-refractivity contribution in [2.24, 2.45) is 0 Å². The molecule has 14 heteroatoms. The van der Waals surface area contributed by atoms with Crippen molar-refractivity contribution in [1.82, 2.24) is 14.6 Å². The van der Waals surface area contributed by atoms with Gasteiger partial charge in [-0.3, -0.25) is 0 Å². The first kappa shape index (κ1) is 30.5. The van der Waals surface area contributed by atoms with Gasteiger partial charge in [-0.1, -0.05) is 6.07 Å². The zero-order chi connectivity index (χ0) is 30.4. The van der Waals surface area contributed by atoms with Crippen molar-refractivity contribution in [3.63, 3.8) is 0 Å². The zero-order valence-electron chi connectivity index (χ0n) is 24.6. The lowest BCUT2D eigenvalue weighted by molar-refractivity contribution is -0.0312. The van der Waals surface area contributed by atoms with Crippen LogP contribution in [0.3, 0.4) is 0 Å². The van der Waals surface area contributed by atoms with Gasteiger partial charge in [-0.05, 0) is 62.8 Å². The lowest BCUT2D eigenvalue weighted by Crippen LogP contribution is -2.47. The number of aliphatic hydroxyl groups is 1. The van der Waals surface area contributed by atoms with Gasteiger partial charge in [0.1, 0.15) is 35.7 Å². The summed E-state index contributed by atoms with van der Waals surface area (Å²) in [6, 6.07) is 6.45. The second kappa shape index (κ2) is 11.8. The predicted molar refractivity (Wildman–Crippen MR) is 159 cm³/mol. The molecule has 1 aromatic heterocycles. The van der Waals surface area contributed by atoms with Gasteiger partial charge >= 0.3 is 0 Å². The molecule has 4 aliphatic rings. The molecule has 3 aliphatic heterocycles. The molecule has 0 radical (unpaired) electrons. The number of sulfonamides is 1. The summed E-state index contributed by atoms with van der Waals surface area (Å²) in [5, 5.41) is 13.6. The molecule has 0 bridgehead atoms. The van der Waals surface area contributed by atoms with Gasteiger partial charge in [0.15, 0.2) is 9.84 Å². The number of hydrogen-bond donors (Lipinski definition) is 2. The van der Waals surface area contributed by atoms with E-state index in [9.17, 15) is 21.9 Å². The first-order chi connectivity index (χ1) is 20.5. The van der Waals surface area contributed by atoms with E-state index in [1.54, 1.807) is 25.1 Å². The first-order valence-corrected chi connectivity index (χ1v) is 17.8. The molecule has 2 saturated heterocycles. The highest BCUT2D eigenvalue weighted by Crippen LogP contribution is 2.40. The standard InChI is InChI=1S/C29H40N4O8S2/c1-20-26(17-31-28-27(20)32(2)12-13-39-28)43(37,38)33-10-8-29(9-11-33)15-21(18-41-29)30-16-22(34)19-40-23-4-3-5-25(14-23)42(35,36)24-6-7-24/h3-5,14,17,21-22,24,30,34H,6-13,15-16,18-19H2,1-2H3/t21-,22?/m1/s1. The van der Waals surface area contributed by atoms with Gasteiger partial charge in [0.25, 0.3) is 0 Å². The number of anilines is 1. The summed E-state index contributed by atoms with van der Waals surface area (Å²) in [5.74, 6) is 0.873. The Morgan fingerprint density at radius 1 is 1.19 bits per heavy atom. The van der Waals surface area contributed by atoms with Crippen molar-refractivity contribution >= 4 is 25.5 Å². The van der Waals surface area contributed by atoms with Gasteiger partial charge in [0.2, 0.25) is 15.9 Å². The van der Waals surface area contributed by atoms with Gasteiger partial charge in [-0.2, -0.15) is 4.31 Å². The molecule has 4 heterocycles. The van der Waals surface area contributed by atoms with Gasteiger partial charge in [-0.15, -0.1) is 0 Å². The minimum absolute atomic E-state index is 0.0182. The summed E-state index contributed by atoms with van der Waals surface area (Å²) in [7, 11) is -5.13. The predicted octanol–water partition coefficient (Wildman–Crippen LogP) is 1.50. The van der Waals surface area contributed by atoms with E-state index in [4.69, 9.17) is 14.2 Å². The molecule has 236 valence electrons. The molecular weight excluding hydrogens is 596 g/mol. The Balaban J connectivity index is 0.983. The van der Waals surface area contributed by atoms with E-state index in [0.717, 1.165) is 12.1 Å². The number of aromatic nitrogens is 1. The minimum Gasteiger partial charge on any atom is -0.491 e. The summed E-state index contributed by atoms with van der Waals surface area (Å²) >= 11 is 0. The topological polar surface area (TPSA) is 148 Å². The van der Waals surface area contributed by atoms with Crippen molar-refractivity contribution in [2.45, 2.75) is 71.8 Å². The van der Waals surface area contributed by atoms with Crippen molar-refractivity contribution in [3.05, 3.63) is 36.0 Å². The Morgan fingerprint density at radius 2 is 1.95 bits per heavy atom. The van der Waals surface area contributed by atoms with Gasteiger partial charge in [0.05, 0.1) is 35.1 Å². The van der Waals surface area contributed by atoms with E-state index in [2.05, 4.69) is 10.3 Å². The molecule has 0 amide bonds. The second-order valence-corrected chi connectivity index (χ2v) is 16.2. The van der Waals surface area contributed by atoms with Gasteiger partial charge < -0.3 is 29.5 Å². The summed E-state index contributed by atoms with van der Waals surface area (Å²) in [6.45, 7) is 4.47. The van der Waals surface area contributed by atoms with Crippen molar-refractivity contribution in [3.8, 4) is 11.6 Å². The van der Waals surface area contributed by atoms with Crippen LogP contribution >= 0.6 is 0 Å².